The number of aromatic nitrogens is 3. The third-order valence-corrected chi connectivity index (χ3v) is 6.02. The number of nitrogens with one attached hydrogen (secondary N) is 2. The largest absolute Gasteiger partial charge is 0.465 e. The molecule has 3 heterocycles. The van der Waals surface area contributed by atoms with Gasteiger partial charge in [-0.25, -0.2) is 9.59 Å². The number of ether oxygens (including phenoxy) is 1. The highest BCUT2D eigenvalue weighted by Crippen LogP contribution is 2.25. The lowest BCUT2D eigenvalue weighted by molar-refractivity contribution is 0.0599. The van der Waals surface area contributed by atoms with Crippen LogP contribution in [0.25, 0.3) is 11.0 Å². The summed E-state index contributed by atoms with van der Waals surface area (Å²) in [6.45, 7) is 5.26. The number of fused-ring (bicyclic) bond motifs is 1. The fourth-order valence-corrected chi connectivity index (χ4v) is 4.49. The first-order valence-electron chi connectivity index (χ1n) is 10.1. The number of imidazole rings is 1. The van der Waals surface area contributed by atoms with Crippen molar-refractivity contribution in [1.82, 2.24) is 19.4 Å². The fourth-order valence-electron chi connectivity index (χ4n) is 4.49. The van der Waals surface area contributed by atoms with Gasteiger partial charge in [0.1, 0.15) is 0 Å². The van der Waals surface area contributed by atoms with Gasteiger partial charge in [0.2, 0.25) is 0 Å². The number of nitrogens with zero attached hydrogens (tertiary/aromatic N) is 2. The van der Waals surface area contributed by atoms with Gasteiger partial charge < -0.3 is 14.7 Å². The first-order valence-corrected chi connectivity index (χ1v) is 10.1. The fraction of sp³-hybridized carbons (Fsp3) is 0.409. The molecule has 0 saturated carbocycles. The molecule has 4 rings (SSSR count). The highest BCUT2D eigenvalue weighted by molar-refractivity contribution is 6.02. The number of ketones is 1. The summed E-state index contributed by atoms with van der Waals surface area (Å²) in [7, 11) is 1.33. The van der Waals surface area contributed by atoms with Crippen LogP contribution in [0, 0.1) is 13.8 Å². The minimum Gasteiger partial charge on any atom is -0.465 e. The first kappa shape index (κ1) is 20.2. The van der Waals surface area contributed by atoms with Gasteiger partial charge in [-0.2, -0.15) is 0 Å². The smallest absolute Gasteiger partial charge is 0.339 e. The van der Waals surface area contributed by atoms with Crippen LogP contribution in [0.3, 0.4) is 0 Å². The normalized spacial score (nSPS) is 15.6. The molecule has 8 nitrogen and oxygen atoms in total. The number of hydrogen-bond acceptors (Lipinski definition) is 5. The molecule has 1 saturated heterocycles. The van der Waals surface area contributed by atoms with E-state index in [-0.39, 0.29) is 24.1 Å². The molecule has 1 aromatic carbocycles. The number of aryl methyl sites for hydroxylation is 1. The van der Waals surface area contributed by atoms with Crippen LogP contribution >= 0.6 is 0 Å². The molecule has 0 spiro atoms. The van der Waals surface area contributed by atoms with Crippen molar-refractivity contribution >= 4 is 22.8 Å². The number of likely N-dealkylation sites (tertiary alicyclic amines) is 1. The van der Waals surface area contributed by atoms with Crippen molar-refractivity contribution in [3.05, 3.63) is 57.3 Å². The molecule has 1 aliphatic heterocycles. The molecule has 30 heavy (non-hydrogen) atoms. The predicted molar refractivity (Wildman–Crippen MR) is 113 cm³/mol. The van der Waals surface area contributed by atoms with E-state index >= 15 is 0 Å². The summed E-state index contributed by atoms with van der Waals surface area (Å²) in [5.41, 5.74) is 3.84. The molecule has 158 valence electrons. The molecule has 1 fully saturated rings. The van der Waals surface area contributed by atoms with Crippen molar-refractivity contribution in [2.75, 3.05) is 26.7 Å². The van der Waals surface area contributed by atoms with Crippen LogP contribution in [0.5, 0.6) is 0 Å². The summed E-state index contributed by atoms with van der Waals surface area (Å²) in [5, 5.41) is 0. The van der Waals surface area contributed by atoms with Crippen LogP contribution in [0.15, 0.2) is 29.1 Å². The molecule has 8 heteroatoms. The summed E-state index contributed by atoms with van der Waals surface area (Å²) in [6, 6.07) is 7.82. The van der Waals surface area contributed by atoms with Crippen molar-refractivity contribution in [2.24, 2.45) is 0 Å². The number of para-hydroxylation sites is 2. The van der Waals surface area contributed by atoms with Crippen LogP contribution in [0.2, 0.25) is 0 Å². The van der Waals surface area contributed by atoms with Crippen molar-refractivity contribution in [3.63, 3.8) is 0 Å². The van der Waals surface area contributed by atoms with E-state index in [4.69, 9.17) is 4.74 Å². The second kappa shape index (κ2) is 7.95. The molecule has 2 N–H and O–H groups in total. The number of piperidine rings is 1. The summed E-state index contributed by atoms with van der Waals surface area (Å²) in [6.07, 6.45) is 1.59. The second-order valence-electron chi connectivity index (χ2n) is 7.86. The van der Waals surface area contributed by atoms with Crippen molar-refractivity contribution < 1.29 is 14.3 Å². The Hall–Kier alpha value is -3.13. The highest BCUT2D eigenvalue weighted by atomic mass is 16.5. The summed E-state index contributed by atoms with van der Waals surface area (Å²) < 4.78 is 6.66. The number of aromatic amines is 2. The number of carbonyl (C=O) groups is 2. The van der Waals surface area contributed by atoms with Gasteiger partial charge >= 0.3 is 11.7 Å². The molecule has 0 unspecified atom stereocenters. The van der Waals surface area contributed by atoms with E-state index in [9.17, 15) is 14.4 Å². The third kappa shape index (κ3) is 3.47. The lowest BCUT2D eigenvalue weighted by Gasteiger charge is -2.32. The van der Waals surface area contributed by atoms with Gasteiger partial charge in [-0.05, 0) is 44.4 Å². The zero-order chi connectivity index (χ0) is 21.4. The van der Waals surface area contributed by atoms with Gasteiger partial charge in [0.05, 0.1) is 35.9 Å². The summed E-state index contributed by atoms with van der Waals surface area (Å²) >= 11 is 0. The SMILES string of the molecule is COC(=O)c1c(C)[nH]c(C(=O)CN2CCC(n3c(=O)[nH]c4ccccc43)CC2)c1C. The van der Waals surface area contributed by atoms with Gasteiger partial charge in [0.25, 0.3) is 0 Å². The van der Waals surface area contributed by atoms with Crippen LogP contribution in [-0.4, -0.2) is 57.9 Å². The molecule has 0 radical (unpaired) electrons. The molecule has 2 aromatic heterocycles. The van der Waals surface area contributed by atoms with Crippen LogP contribution in [-0.2, 0) is 4.74 Å². The third-order valence-electron chi connectivity index (χ3n) is 6.02. The minimum atomic E-state index is -0.440. The number of benzene rings is 1. The lowest BCUT2D eigenvalue weighted by atomic mass is 10.0. The van der Waals surface area contributed by atoms with Crippen molar-refractivity contribution in [3.8, 4) is 0 Å². The van der Waals surface area contributed by atoms with E-state index < -0.39 is 5.97 Å². The zero-order valence-electron chi connectivity index (χ0n) is 17.4. The quantitative estimate of drug-likeness (QED) is 0.497. The Labute approximate surface area is 173 Å². The maximum atomic E-state index is 12.9. The number of esters is 1. The van der Waals surface area contributed by atoms with E-state index in [0.29, 0.717) is 22.5 Å². The van der Waals surface area contributed by atoms with E-state index in [2.05, 4.69) is 14.9 Å². The maximum Gasteiger partial charge on any atom is 0.339 e. The molecule has 0 amide bonds. The van der Waals surface area contributed by atoms with Crippen LogP contribution < -0.4 is 5.69 Å². The monoisotopic (exact) mass is 410 g/mol. The molecule has 3 aromatic rings. The molecule has 0 bridgehead atoms. The number of hydrogen-bond donors (Lipinski definition) is 2. The topological polar surface area (TPSA) is 100 Å². The van der Waals surface area contributed by atoms with Gasteiger partial charge in [0, 0.05) is 24.8 Å². The van der Waals surface area contributed by atoms with E-state index in [1.165, 1.54) is 7.11 Å². The predicted octanol–water partition coefficient (Wildman–Crippen LogP) is 2.58. The molecular weight excluding hydrogens is 384 g/mol. The average molecular weight is 410 g/mol. The summed E-state index contributed by atoms with van der Waals surface area (Å²) in [4.78, 5) is 45.3. The Bertz CT molecular complexity index is 1160. The highest BCUT2D eigenvalue weighted by Gasteiger charge is 2.27. The molecule has 0 atom stereocenters. The van der Waals surface area contributed by atoms with Crippen molar-refractivity contribution in [1.29, 1.82) is 0 Å². The number of rotatable bonds is 5. The van der Waals surface area contributed by atoms with Crippen molar-refractivity contribution in [2.45, 2.75) is 32.7 Å². The van der Waals surface area contributed by atoms with Gasteiger partial charge in [-0.3, -0.25) is 14.3 Å². The number of Topliss-reactive ketones (excluding diaryl/α,β-unsaturated/α-hetero) is 1. The van der Waals surface area contributed by atoms with Gasteiger partial charge in [0.15, 0.2) is 5.78 Å². The van der Waals surface area contributed by atoms with E-state index in [1.807, 2.05) is 28.8 Å². The number of carbonyl (C=O) groups excluding carboxylic acids is 2. The van der Waals surface area contributed by atoms with Crippen LogP contribution in [0.4, 0.5) is 0 Å². The van der Waals surface area contributed by atoms with Gasteiger partial charge in [-0.1, -0.05) is 12.1 Å². The van der Waals surface area contributed by atoms with Gasteiger partial charge in [-0.15, -0.1) is 0 Å². The molecule has 0 aliphatic carbocycles. The Kier molecular flexibility index (Phi) is 5.34. The second-order valence-corrected chi connectivity index (χ2v) is 7.86. The Balaban J connectivity index is 1.44. The standard InChI is InChI=1S/C22H26N4O4/c1-13-19(21(28)30-3)14(2)23-20(13)18(27)12-25-10-8-15(9-11-25)26-17-7-5-4-6-16(17)24-22(26)29/h4-7,15,23H,8-12H2,1-3H3,(H,24,29). The minimum absolute atomic E-state index is 0.0477. The molecular formula is C22H26N4O4. The Morgan fingerprint density at radius 2 is 1.83 bits per heavy atom. The summed E-state index contributed by atoms with van der Waals surface area (Å²) in [5.74, 6) is -0.487. The zero-order valence-corrected chi connectivity index (χ0v) is 17.4. The van der Waals surface area contributed by atoms with E-state index in [1.54, 1.807) is 13.8 Å². The maximum absolute atomic E-state index is 12.9. The number of methoxy groups -OCH3 is 1. The number of H-pyrrole nitrogens is 2. The first-order chi connectivity index (χ1) is 14.4. The average Bonchev–Trinajstić information content (AvgIpc) is 3.23. The lowest BCUT2D eigenvalue weighted by Crippen LogP contribution is -2.39. The Morgan fingerprint density at radius 3 is 2.53 bits per heavy atom. The Morgan fingerprint density at radius 1 is 1.13 bits per heavy atom. The van der Waals surface area contributed by atoms with Crippen LogP contribution in [0.1, 0.15) is 51.0 Å². The molecule has 1 aliphatic rings. The van der Waals surface area contributed by atoms with E-state index in [0.717, 1.165) is 37.0 Å².